The van der Waals surface area contributed by atoms with E-state index in [1.165, 1.54) is 23.5 Å². The molecule has 2 fully saturated rings. The van der Waals surface area contributed by atoms with Crippen molar-refractivity contribution >= 4 is 40.8 Å². The Bertz CT molecular complexity index is 1220. The Morgan fingerprint density at radius 2 is 2.21 bits per heavy atom. The van der Waals surface area contributed by atoms with Crippen molar-refractivity contribution in [1.82, 2.24) is 25.4 Å². The molecule has 0 spiro atoms. The molecule has 0 radical (unpaired) electrons. The minimum atomic E-state index is -1.12. The number of amidine groups is 1. The van der Waals surface area contributed by atoms with Crippen molar-refractivity contribution in [3.8, 4) is 0 Å². The van der Waals surface area contributed by atoms with Gasteiger partial charge in [-0.1, -0.05) is 17.7 Å². The number of aromatic nitrogens is 1. The molecule has 4 heterocycles. The van der Waals surface area contributed by atoms with Crippen LogP contribution in [0.2, 0.25) is 5.02 Å². The van der Waals surface area contributed by atoms with Gasteiger partial charge in [-0.2, -0.15) is 0 Å². The molecule has 3 N–H and O–H groups in total. The molecule has 1 aromatic carbocycles. The van der Waals surface area contributed by atoms with Gasteiger partial charge in [-0.25, -0.2) is 19.0 Å². The van der Waals surface area contributed by atoms with Crippen LogP contribution in [0.25, 0.3) is 0 Å². The first-order valence-corrected chi connectivity index (χ1v) is 12.0. The molecule has 5 rings (SSSR count). The maximum absolute atomic E-state index is 14.0. The third kappa shape index (κ3) is 4.04. The summed E-state index contributed by atoms with van der Waals surface area (Å²) in [6, 6.07) is 1.85. The second-order valence-corrected chi connectivity index (χ2v) is 9.66. The maximum atomic E-state index is 14.0. The number of aliphatic imine (C=N–C) groups is 1. The van der Waals surface area contributed by atoms with Gasteiger partial charge in [-0.3, -0.25) is 9.89 Å². The average molecular weight is 505 g/mol. The fourth-order valence-electron chi connectivity index (χ4n) is 4.64. The number of hydrogen-bond donors (Lipinski definition) is 3. The molecule has 0 unspecified atom stereocenters. The first kappa shape index (κ1) is 22.8. The van der Waals surface area contributed by atoms with E-state index in [0.717, 1.165) is 0 Å². The van der Waals surface area contributed by atoms with Crippen LogP contribution >= 0.6 is 22.9 Å². The molecule has 3 aliphatic heterocycles. The lowest BCUT2D eigenvalue weighted by atomic mass is 9.92. The Morgan fingerprint density at radius 1 is 1.38 bits per heavy atom. The quantitative estimate of drug-likeness (QED) is 0.576. The van der Waals surface area contributed by atoms with Gasteiger partial charge in [0.15, 0.2) is 10.8 Å². The summed E-state index contributed by atoms with van der Waals surface area (Å²) in [4.78, 5) is 37.4. The summed E-state index contributed by atoms with van der Waals surface area (Å²) >= 11 is 7.54. The van der Waals surface area contributed by atoms with Crippen molar-refractivity contribution in [3.05, 3.63) is 62.0 Å². The van der Waals surface area contributed by atoms with Crippen molar-refractivity contribution in [2.45, 2.75) is 19.0 Å². The van der Waals surface area contributed by atoms with Crippen LogP contribution < -0.4 is 10.6 Å². The van der Waals surface area contributed by atoms with E-state index in [-0.39, 0.29) is 22.7 Å². The third-order valence-corrected chi connectivity index (χ3v) is 7.61. The number of rotatable bonds is 5. The molecule has 0 bridgehead atoms. The number of amides is 2. The molecule has 0 saturated carbocycles. The van der Waals surface area contributed by atoms with Crippen LogP contribution in [0.1, 0.15) is 22.2 Å². The Morgan fingerprint density at radius 3 is 2.94 bits per heavy atom. The summed E-state index contributed by atoms with van der Waals surface area (Å²) in [5.74, 6) is -1.23. The predicted molar refractivity (Wildman–Crippen MR) is 126 cm³/mol. The molecule has 2 atom stereocenters. The third-order valence-electron chi connectivity index (χ3n) is 6.37. The van der Waals surface area contributed by atoms with Gasteiger partial charge in [0.05, 0.1) is 16.6 Å². The normalized spacial score (nSPS) is 22.9. The lowest BCUT2D eigenvalue weighted by Crippen LogP contribution is -2.53. The number of carbonyl (C=O) groups is 2. The van der Waals surface area contributed by atoms with Gasteiger partial charge in [0.2, 0.25) is 0 Å². The Hall–Kier alpha value is -3.02. The summed E-state index contributed by atoms with van der Waals surface area (Å²) in [5, 5.41) is 18.6. The van der Waals surface area contributed by atoms with Gasteiger partial charge in [0.1, 0.15) is 11.9 Å². The number of thiazole rings is 1. The number of nitrogens with one attached hydrogen (secondary N) is 2. The van der Waals surface area contributed by atoms with Crippen molar-refractivity contribution in [2.75, 3.05) is 32.7 Å². The highest BCUT2D eigenvalue weighted by molar-refractivity contribution is 7.11. The average Bonchev–Trinajstić information content (AvgIpc) is 3.47. The maximum Gasteiger partial charge on any atom is 0.335 e. The van der Waals surface area contributed by atoms with Crippen LogP contribution in [0, 0.1) is 12.7 Å². The second-order valence-electron chi connectivity index (χ2n) is 8.38. The first-order valence-electron chi connectivity index (χ1n) is 10.8. The van der Waals surface area contributed by atoms with Crippen LogP contribution in [-0.2, 0) is 4.79 Å². The number of aliphatic carboxylic acids is 1. The number of halogens is 2. The predicted octanol–water partition coefficient (Wildman–Crippen LogP) is 2.38. The summed E-state index contributed by atoms with van der Waals surface area (Å²) in [6.45, 7) is 4.34. The van der Waals surface area contributed by atoms with Crippen molar-refractivity contribution in [2.24, 2.45) is 4.99 Å². The largest absolute Gasteiger partial charge is 0.478 e. The molecule has 178 valence electrons. The fraction of sp³-hybridized carbons (Fsp3) is 0.364. The number of hydrogen-bond acceptors (Lipinski definition) is 7. The Labute approximate surface area is 203 Å². The summed E-state index contributed by atoms with van der Waals surface area (Å²) in [7, 11) is 0. The van der Waals surface area contributed by atoms with E-state index in [1.54, 1.807) is 13.1 Å². The summed E-state index contributed by atoms with van der Waals surface area (Å²) in [6.07, 6.45) is 1.65. The van der Waals surface area contributed by atoms with E-state index >= 15 is 0 Å². The Balaban J connectivity index is 1.54. The highest BCUT2D eigenvalue weighted by atomic mass is 35.5. The first-order chi connectivity index (χ1) is 16.3. The van der Waals surface area contributed by atoms with E-state index in [2.05, 4.69) is 25.5 Å². The number of nitrogens with zero attached hydrogens (tertiary/aromatic N) is 4. The number of fused-ring (bicyclic) bond motifs is 1. The topological polar surface area (TPSA) is 110 Å². The highest BCUT2D eigenvalue weighted by Gasteiger charge is 2.38. The molecular formula is C22H22ClFN6O3S. The Kier molecular flexibility index (Phi) is 6.00. The number of carboxylic acid groups (broad SMARTS) is 1. The molecule has 3 aliphatic rings. The summed E-state index contributed by atoms with van der Waals surface area (Å²) < 4.78 is 14.0. The van der Waals surface area contributed by atoms with Gasteiger partial charge >= 0.3 is 12.0 Å². The monoisotopic (exact) mass is 504 g/mol. The van der Waals surface area contributed by atoms with Crippen molar-refractivity contribution in [3.63, 3.8) is 0 Å². The van der Waals surface area contributed by atoms with Gasteiger partial charge < -0.3 is 20.6 Å². The number of carbonyl (C=O) groups excluding carboxylic acids is 1. The minimum Gasteiger partial charge on any atom is -0.478 e. The van der Waals surface area contributed by atoms with E-state index in [4.69, 9.17) is 11.6 Å². The summed E-state index contributed by atoms with van der Waals surface area (Å²) in [5.41, 5.74) is 1.53. The van der Waals surface area contributed by atoms with Crippen molar-refractivity contribution in [1.29, 1.82) is 0 Å². The van der Waals surface area contributed by atoms with Gasteiger partial charge in [-0.15, -0.1) is 11.3 Å². The van der Waals surface area contributed by atoms with Crippen LogP contribution in [0.15, 0.2) is 40.0 Å². The van der Waals surface area contributed by atoms with E-state index in [0.29, 0.717) is 60.4 Å². The van der Waals surface area contributed by atoms with Crippen LogP contribution in [0.4, 0.5) is 9.18 Å². The fourth-order valence-corrected chi connectivity index (χ4v) is 5.40. The lowest BCUT2D eigenvalue weighted by molar-refractivity contribution is -0.133. The smallest absolute Gasteiger partial charge is 0.335 e. The zero-order valence-corrected chi connectivity index (χ0v) is 19.8. The molecule has 9 nitrogen and oxygen atoms in total. The zero-order chi connectivity index (χ0) is 24.0. The van der Waals surface area contributed by atoms with E-state index in [9.17, 15) is 19.1 Å². The minimum absolute atomic E-state index is 0.0414. The molecule has 2 saturated heterocycles. The molecule has 0 aliphatic carbocycles. The molecule has 34 heavy (non-hydrogen) atoms. The number of benzene rings is 1. The number of urea groups is 1. The van der Waals surface area contributed by atoms with Crippen LogP contribution in [-0.4, -0.2) is 76.5 Å². The second kappa shape index (κ2) is 8.97. The van der Waals surface area contributed by atoms with Crippen LogP contribution in [0.3, 0.4) is 0 Å². The van der Waals surface area contributed by atoms with Gasteiger partial charge in [0.25, 0.3) is 0 Å². The van der Waals surface area contributed by atoms with Crippen molar-refractivity contribution < 1.29 is 19.1 Å². The molecule has 2 amide bonds. The van der Waals surface area contributed by atoms with Gasteiger partial charge in [0, 0.05) is 50.0 Å². The number of piperazine rings is 1. The van der Waals surface area contributed by atoms with Gasteiger partial charge in [-0.05, 0) is 24.1 Å². The highest BCUT2D eigenvalue weighted by Crippen LogP contribution is 2.37. The molecular weight excluding hydrogens is 483 g/mol. The number of carboxylic acids is 1. The molecule has 1 aromatic heterocycles. The zero-order valence-electron chi connectivity index (χ0n) is 18.2. The van der Waals surface area contributed by atoms with E-state index in [1.807, 2.05) is 10.3 Å². The molecule has 2 aromatic rings. The van der Waals surface area contributed by atoms with E-state index < -0.39 is 17.8 Å². The SMILES string of the molecule is Cc1c([C@H]2N=C(c3nccs3)NC(CN3CCN4C(=O)NC[C@H]4C3)=C2C(=O)O)ccc(F)c1Cl. The lowest BCUT2D eigenvalue weighted by Gasteiger charge is -2.38. The molecule has 12 heteroatoms. The van der Waals surface area contributed by atoms with Crippen LogP contribution in [0.5, 0.6) is 0 Å². The standard InChI is InChI=1S/C22H22ClFN6O3S/c1-11-13(2-3-14(24)17(11)23)18-16(21(31)32)15(27-19(28-18)20-25-4-7-34-20)10-29-5-6-30-12(9-29)8-26-22(30)33/h2-4,7,12,18H,5-6,8-10H2,1H3,(H,26,33)(H,27,28)(H,31,32)/t12-,18+/m0/s1.